The van der Waals surface area contributed by atoms with Crippen molar-refractivity contribution in [2.24, 2.45) is 0 Å². The van der Waals surface area contributed by atoms with Crippen LogP contribution in [0.2, 0.25) is 0 Å². The summed E-state index contributed by atoms with van der Waals surface area (Å²) in [6.45, 7) is 0.00414. The summed E-state index contributed by atoms with van der Waals surface area (Å²) in [7, 11) is -2.49. The maximum absolute atomic E-state index is 13.3. The molecule has 0 radical (unpaired) electrons. The summed E-state index contributed by atoms with van der Waals surface area (Å²) in [6.07, 6.45) is 0. The Hall–Kier alpha value is -3.39. The van der Waals surface area contributed by atoms with Crippen molar-refractivity contribution in [3.8, 4) is 5.75 Å². The molecule has 0 saturated carbocycles. The molecule has 4 rings (SSSR count). The van der Waals surface area contributed by atoms with Crippen molar-refractivity contribution < 1.29 is 22.3 Å². The molecule has 0 saturated heterocycles. The van der Waals surface area contributed by atoms with E-state index in [1.54, 1.807) is 54.6 Å². The highest BCUT2D eigenvalue weighted by Gasteiger charge is 2.41. The van der Waals surface area contributed by atoms with Gasteiger partial charge < -0.3 is 4.74 Å². The van der Waals surface area contributed by atoms with Gasteiger partial charge in [-0.25, -0.2) is 21.9 Å². The van der Waals surface area contributed by atoms with Crippen LogP contribution in [-0.4, -0.2) is 25.9 Å². The zero-order valence-electron chi connectivity index (χ0n) is 16.2. The summed E-state index contributed by atoms with van der Waals surface area (Å²) < 4.78 is 45.6. The van der Waals surface area contributed by atoms with Crippen LogP contribution in [0.3, 0.4) is 0 Å². The number of carbonyl (C=O) groups excluding carboxylic acids is 1. The number of urea groups is 1. The molecular weight excluding hydrogens is 407 g/mol. The van der Waals surface area contributed by atoms with Crippen molar-refractivity contribution >= 4 is 21.7 Å². The SMILES string of the molecule is COc1ccc(CN2C(=O)N(Cc3ccc(F)cc3)c3ccccc3S2(=O)=O)cc1. The van der Waals surface area contributed by atoms with Gasteiger partial charge in [0, 0.05) is 0 Å². The predicted octanol–water partition coefficient (Wildman–Crippen LogP) is 4.17. The third-order valence-corrected chi connectivity index (χ3v) is 6.67. The van der Waals surface area contributed by atoms with Gasteiger partial charge in [-0.1, -0.05) is 36.4 Å². The van der Waals surface area contributed by atoms with Crippen molar-refractivity contribution in [3.63, 3.8) is 0 Å². The van der Waals surface area contributed by atoms with Crippen LogP contribution in [0.25, 0.3) is 0 Å². The van der Waals surface area contributed by atoms with Gasteiger partial charge in [-0.3, -0.25) is 4.90 Å². The minimum Gasteiger partial charge on any atom is -0.497 e. The first-order valence-corrected chi connectivity index (χ1v) is 10.6. The van der Waals surface area contributed by atoms with E-state index in [2.05, 4.69) is 0 Å². The Morgan fingerprint density at radius 3 is 2.13 bits per heavy atom. The van der Waals surface area contributed by atoms with Crippen molar-refractivity contribution in [1.82, 2.24) is 4.31 Å². The summed E-state index contributed by atoms with van der Waals surface area (Å²) in [4.78, 5) is 14.7. The summed E-state index contributed by atoms with van der Waals surface area (Å²) in [5, 5.41) is 0. The van der Waals surface area contributed by atoms with E-state index < -0.39 is 16.1 Å². The molecule has 0 unspecified atom stereocenters. The first kappa shape index (κ1) is 19.9. The second-order valence-electron chi connectivity index (χ2n) is 6.82. The molecule has 3 aromatic carbocycles. The Balaban J connectivity index is 1.73. The molecule has 0 aromatic heterocycles. The maximum Gasteiger partial charge on any atom is 0.339 e. The number of halogens is 1. The molecule has 1 heterocycles. The van der Waals surface area contributed by atoms with Gasteiger partial charge in [0.2, 0.25) is 0 Å². The zero-order valence-corrected chi connectivity index (χ0v) is 17.0. The highest BCUT2D eigenvalue weighted by atomic mass is 32.2. The van der Waals surface area contributed by atoms with E-state index >= 15 is 0 Å². The van der Waals surface area contributed by atoms with Crippen LogP contribution in [-0.2, 0) is 23.1 Å². The fourth-order valence-electron chi connectivity index (χ4n) is 3.33. The highest BCUT2D eigenvalue weighted by Crippen LogP contribution is 2.36. The third kappa shape index (κ3) is 3.61. The van der Waals surface area contributed by atoms with Gasteiger partial charge in [0.25, 0.3) is 10.0 Å². The van der Waals surface area contributed by atoms with Gasteiger partial charge in [-0.05, 0) is 47.5 Å². The second-order valence-corrected chi connectivity index (χ2v) is 8.65. The molecule has 2 amide bonds. The Labute approximate surface area is 174 Å². The van der Waals surface area contributed by atoms with E-state index in [0.717, 1.165) is 4.31 Å². The van der Waals surface area contributed by atoms with Gasteiger partial charge in [-0.15, -0.1) is 0 Å². The van der Waals surface area contributed by atoms with E-state index in [-0.39, 0.29) is 23.8 Å². The van der Waals surface area contributed by atoms with Crippen LogP contribution in [0, 0.1) is 5.82 Å². The molecule has 0 atom stereocenters. The van der Waals surface area contributed by atoms with E-state index in [4.69, 9.17) is 4.74 Å². The minimum absolute atomic E-state index is 0.0558. The number of rotatable bonds is 5. The van der Waals surface area contributed by atoms with Crippen LogP contribution in [0.1, 0.15) is 11.1 Å². The van der Waals surface area contributed by atoms with Crippen molar-refractivity contribution in [3.05, 3.63) is 89.7 Å². The van der Waals surface area contributed by atoms with Gasteiger partial charge in [0.05, 0.1) is 25.9 Å². The summed E-state index contributed by atoms with van der Waals surface area (Å²) >= 11 is 0. The number of hydrogen-bond acceptors (Lipinski definition) is 4. The number of carbonyl (C=O) groups is 1. The number of fused-ring (bicyclic) bond motifs is 1. The molecule has 3 aromatic rings. The van der Waals surface area contributed by atoms with Crippen molar-refractivity contribution in [1.29, 1.82) is 0 Å². The lowest BCUT2D eigenvalue weighted by Crippen LogP contribution is -2.49. The van der Waals surface area contributed by atoms with Crippen LogP contribution < -0.4 is 9.64 Å². The highest BCUT2D eigenvalue weighted by molar-refractivity contribution is 7.90. The molecule has 30 heavy (non-hydrogen) atoms. The Morgan fingerprint density at radius 2 is 1.47 bits per heavy atom. The van der Waals surface area contributed by atoms with Crippen molar-refractivity contribution in [2.75, 3.05) is 12.0 Å². The number of sulfonamides is 1. The number of methoxy groups -OCH3 is 1. The number of anilines is 1. The fraction of sp³-hybridized carbons (Fsp3) is 0.136. The summed E-state index contributed by atoms with van der Waals surface area (Å²) in [5.74, 6) is 0.252. The number of nitrogens with zero attached hydrogens (tertiary/aromatic N) is 2. The second kappa shape index (κ2) is 7.79. The number of amides is 2. The van der Waals surface area contributed by atoms with E-state index in [1.807, 2.05) is 0 Å². The van der Waals surface area contributed by atoms with E-state index in [0.29, 0.717) is 22.6 Å². The zero-order chi connectivity index (χ0) is 21.3. The van der Waals surface area contributed by atoms with Crippen LogP contribution in [0.5, 0.6) is 5.75 Å². The molecule has 0 aliphatic carbocycles. The number of ether oxygens (including phenoxy) is 1. The molecule has 0 N–H and O–H groups in total. The lowest BCUT2D eigenvalue weighted by Gasteiger charge is -2.36. The minimum atomic E-state index is -4.03. The molecule has 1 aliphatic heterocycles. The Bertz CT molecular complexity index is 1180. The lowest BCUT2D eigenvalue weighted by atomic mass is 10.2. The molecule has 154 valence electrons. The van der Waals surface area contributed by atoms with E-state index in [1.165, 1.54) is 30.2 Å². The first-order chi connectivity index (χ1) is 14.4. The fourth-order valence-corrected chi connectivity index (χ4v) is 4.89. The topological polar surface area (TPSA) is 66.9 Å². The van der Waals surface area contributed by atoms with Crippen molar-refractivity contribution in [2.45, 2.75) is 18.0 Å². The molecule has 1 aliphatic rings. The maximum atomic E-state index is 13.3. The molecule has 0 fully saturated rings. The third-order valence-electron chi connectivity index (χ3n) is 4.91. The van der Waals surface area contributed by atoms with Crippen LogP contribution in [0.4, 0.5) is 14.9 Å². The molecular formula is C22H19FN2O4S. The van der Waals surface area contributed by atoms with Gasteiger partial charge >= 0.3 is 6.03 Å². The smallest absolute Gasteiger partial charge is 0.339 e. The lowest BCUT2D eigenvalue weighted by molar-refractivity contribution is 0.226. The molecule has 6 nitrogen and oxygen atoms in total. The average Bonchev–Trinajstić information content (AvgIpc) is 2.76. The molecule has 8 heteroatoms. The monoisotopic (exact) mass is 426 g/mol. The van der Waals surface area contributed by atoms with Gasteiger partial charge in [0.15, 0.2) is 0 Å². The van der Waals surface area contributed by atoms with Crippen LogP contribution >= 0.6 is 0 Å². The van der Waals surface area contributed by atoms with Gasteiger partial charge in [-0.2, -0.15) is 0 Å². The Morgan fingerprint density at radius 1 is 0.867 bits per heavy atom. The number of hydrogen-bond donors (Lipinski definition) is 0. The first-order valence-electron chi connectivity index (χ1n) is 9.21. The standard InChI is InChI=1S/C22H19FN2O4S/c1-29-19-12-8-17(9-13-19)15-25-22(26)24(14-16-6-10-18(23)11-7-16)20-4-2-3-5-21(20)30(25,27)28/h2-13H,14-15H2,1H3. The Kier molecular flexibility index (Phi) is 5.17. The average molecular weight is 426 g/mol. The predicted molar refractivity (Wildman–Crippen MR) is 110 cm³/mol. The quantitative estimate of drug-likeness (QED) is 0.614. The number of para-hydroxylation sites is 1. The normalized spacial score (nSPS) is 15.1. The largest absolute Gasteiger partial charge is 0.497 e. The van der Waals surface area contributed by atoms with Gasteiger partial charge in [0.1, 0.15) is 16.5 Å². The summed E-state index contributed by atoms with van der Waals surface area (Å²) in [5.41, 5.74) is 1.63. The molecule has 0 spiro atoms. The van der Waals surface area contributed by atoms with E-state index in [9.17, 15) is 17.6 Å². The van der Waals surface area contributed by atoms with Crippen LogP contribution in [0.15, 0.2) is 77.7 Å². The summed E-state index contributed by atoms with van der Waals surface area (Å²) in [6, 6.07) is 18.3. The molecule has 0 bridgehead atoms. The number of benzene rings is 3.